The highest BCUT2D eigenvalue weighted by molar-refractivity contribution is 8.15. The second-order valence-electron chi connectivity index (χ2n) is 6.74. The SMILES string of the molecule is CCN=C1S[C@@H](C(=O)NCc2ccc(N3CCCC3=O)cc2)CC(=O)N1CC. The Hall–Kier alpha value is -2.35. The first-order valence-electron chi connectivity index (χ1n) is 9.72. The van der Waals surface area contributed by atoms with E-state index in [1.165, 1.54) is 11.8 Å². The Balaban J connectivity index is 1.57. The number of nitrogens with one attached hydrogen (secondary N) is 1. The fraction of sp³-hybridized carbons (Fsp3) is 0.500. The summed E-state index contributed by atoms with van der Waals surface area (Å²) in [6.07, 6.45) is 1.69. The summed E-state index contributed by atoms with van der Waals surface area (Å²) in [6.45, 7) is 6.10. The van der Waals surface area contributed by atoms with E-state index in [4.69, 9.17) is 0 Å². The summed E-state index contributed by atoms with van der Waals surface area (Å²) in [5.41, 5.74) is 1.85. The standard InChI is InChI=1S/C20H26N4O3S/c1-3-21-20-23(4-2)18(26)12-16(28-20)19(27)22-13-14-7-9-15(10-8-14)24-11-5-6-17(24)25/h7-10,16H,3-6,11-13H2,1-2H3,(H,22,27)/t16-/m1/s1. The first kappa shape index (κ1) is 20.4. The summed E-state index contributed by atoms with van der Waals surface area (Å²) in [4.78, 5) is 44.5. The fourth-order valence-electron chi connectivity index (χ4n) is 3.34. The van der Waals surface area contributed by atoms with Gasteiger partial charge in [-0.2, -0.15) is 0 Å². The second kappa shape index (κ2) is 9.23. The zero-order valence-corrected chi connectivity index (χ0v) is 17.1. The van der Waals surface area contributed by atoms with Gasteiger partial charge in [0.1, 0.15) is 0 Å². The molecule has 8 heteroatoms. The molecule has 2 heterocycles. The van der Waals surface area contributed by atoms with E-state index in [0.717, 1.165) is 24.2 Å². The van der Waals surface area contributed by atoms with Gasteiger partial charge < -0.3 is 10.2 Å². The number of thioether (sulfide) groups is 1. The third kappa shape index (κ3) is 4.55. The van der Waals surface area contributed by atoms with Crippen molar-refractivity contribution in [2.75, 3.05) is 24.5 Å². The van der Waals surface area contributed by atoms with Crippen LogP contribution in [-0.4, -0.2) is 52.7 Å². The number of amides is 3. The van der Waals surface area contributed by atoms with Gasteiger partial charge in [0.15, 0.2) is 5.17 Å². The van der Waals surface area contributed by atoms with Crippen molar-refractivity contribution < 1.29 is 14.4 Å². The molecule has 28 heavy (non-hydrogen) atoms. The molecule has 2 aliphatic rings. The number of amidine groups is 1. The second-order valence-corrected chi connectivity index (χ2v) is 7.91. The van der Waals surface area contributed by atoms with Crippen LogP contribution in [0.2, 0.25) is 0 Å². The van der Waals surface area contributed by atoms with E-state index in [9.17, 15) is 14.4 Å². The van der Waals surface area contributed by atoms with E-state index in [1.807, 2.05) is 38.1 Å². The lowest BCUT2D eigenvalue weighted by atomic mass is 10.2. The van der Waals surface area contributed by atoms with E-state index < -0.39 is 5.25 Å². The zero-order chi connectivity index (χ0) is 20.1. The van der Waals surface area contributed by atoms with Crippen molar-refractivity contribution in [2.45, 2.75) is 44.9 Å². The number of carbonyl (C=O) groups excluding carboxylic acids is 3. The number of anilines is 1. The molecule has 0 saturated carbocycles. The van der Waals surface area contributed by atoms with Crippen molar-refractivity contribution >= 4 is 40.3 Å². The number of benzene rings is 1. The molecule has 0 aromatic heterocycles. The minimum atomic E-state index is -0.456. The Morgan fingerprint density at radius 2 is 1.96 bits per heavy atom. The van der Waals surface area contributed by atoms with Crippen LogP contribution in [0.15, 0.2) is 29.3 Å². The van der Waals surface area contributed by atoms with Crippen LogP contribution in [0, 0.1) is 0 Å². The van der Waals surface area contributed by atoms with Gasteiger partial charge in [-0.05, 0) is 38.0 Å². The first-order valence-corrected chi connectivity index (χ1v) is 10.6. The van der Waals surface area contributed by atoms with Gasteiger partial charge in [0.25, 0.3) is 0 Å². The van der Waals surface area contributed by atoms with Crippen molar-refractivity contribution in [3.63, 3.8) is 0 Å². The average Bonchev–Trinajstić information content (AvgIpc) is 3.12. The van der Waals surface area contributed by atoms with Crippen LogP contribution in [0.1, 0.15) is 38.7 Å². The van der Waals surface area contributed by atoms with Crippen molar-refractivity contribution in [3.8, 4) is 0 Å². The largest absolute Gasteiger partial charge is 0.351 e. The molecule has 1 aromatic carbocycles. The Morgan fingerprint density at radius 3 is 2.57 bits per heavy atom. The third-order valence-electron chi connectivity index (χ3n) is 4.83. The van der Waals surface area contributed by atoms with Crippen molar-refractivity contribution in [1.82, 2.24) is 10.2 Å². The average molecular weight is 403 g/mol. The van der Waals surface area contributed by atoms with Crippen LogP contribution >= 0.6 is 11.8 Å². The maximum atomic E-state index is 12.6. The summed E-state index contributed by atoms with van der Waals surface area (Å²) >= 11 is 1.35. The van der Waals surface area contributed by atoms with Crippen LogP contribution in [-0.2, 0) is 20.9 Å². The summed E-state index contributed by atoms with van der Waals surface area (Å²) in [5.74, 6) is -0.0596. The molecule has 0 aliphatic carbocycles. The quantitative estimate of drug-likeness (QED) is 0.791. The number of rotatable bonds is 6. The molecule has 3 amide bonds. The van der Waals surface area contributed by atoms with Crippen LogP contribution < -0.4 is 10.2 Å². The Labute approximate surface area is 169 Å². The molecule has 0 bridgehead atoms. The van der Waals surface area contributed by atoms with Gasteiger partial charge in [-0.25, -0.2) is 0 Å². The lowest BCUT2D eigenvalue weighted by Crippen LogP contribution is -2.46. The maximum Gasteiger partial charge on any atom is 0.234 e. The van der Waals surface area contributed by atoms with E-state index in [1.54, 1.807) is 9.80 Å². The maximum absolute atomic E-state index is 12.6. The summed E-state index contributed by atoms with van der Waals surface area (Å²) in [7, 11) is 0. The van der Waals surface area contributed by atoms with Gasteiger partial charge in [-0.1, -0.05) is 23.9 Å². The molecule has 2 aliphatic heterocycles. The number of carbonyl (C=O) groups is 3. The Morgan fingerprint density at radius 1 is 1.21 bits per heavy atom. The van der Waals surface area contributed by atoms with Crippen molar-refractivity contribution in [2.24, 2.45) is 4.99 Å². The van der Waals surface area contributed by atoms with Gasteiger partial charge in [-0.3, -0.25) is 24.3 Å². The van der Waals surface area contributed by atoms with Gasteiger partial charge in [0, 0.05) is 44.7 Å². The molecular weight excluding hydrogens is 376 g/mol. The van der Waals surface area contributed by atoms with E-state index >= 15 is 0 Å². The fourth-order valence-corrected chi connectivity index (χ4v) is 4.57. The highest BCUT2D eigenvalue weighted by Gasteiger charge is 2.34. The minimum Gasteiger partial charge on any atom is -0.351 e. The predicted octanol–water partition coefficient (Wildman–Crippen LogP) is 2.16. The molecular formula is C20H26N4O3S. The van der Waals surface area contributed by atoms with Crippen LogP contribution in [0.4, 0.5) is 5.69 Å². The van der Waals surface area contributed by atoms with Crippen molar-refractivity contribution in [3.05, 3.63) is 29.8 Å². The molecule has 2 fully saturated rings. The molecule has 1 atom stereocenters. The number of nitrogens with zero attached hydrogens (tertiary/aromatic N) is 3. The van der Waals surface area contributed by atoms with Crippen molar-refractivity contribution in [1.29, 1.82) is 0 Å². The topological polar surface area (TPSA) is 82.1 Å². The Bertz CT molecular complexity index is 778. The van der Waals surface area contributed by atoms with Gasteiger partial charge in [0.05, 0.1) is 5.25 Å². The molecule has 0 spiro atoms. The van der Waals surface area contributed by atoms with Gasteiger partial charge >= 0.3 is 0 Å². The molecule has 0 radical (unpaired) electrons. The minimum absolute atomic E-state index is 0.0618. The summed E-state index contributed by atoms with van der Waals surface area (Å²) in [5, 5.41) is 3.09. The lowest BCUT2D eigenvalue weighted by molar-refractivity contribution is -0.130. The highest BCUT2D eigenvalue weighted by Crippen LogP contribution is 2.27. The summed E-state index contributed by atoms with van der Waals surface area (Å²) < 4.78 is 0. The third-order valence-corrected chi connectivity index (χ3v) is 6.06. The highest BCUT2D eigenvalue weighted by atomic mass is 32.2. The molecule has 2 saturated heterocycles. The van der Waals surface area contributed by atoms with Crippen LogP contribution in [0.25, 0.3) is 0 Å². The molecule has 150 valence electrons. The first-order chi connectivity index (χ1) is 13.5. The van der Waals surface area contributed by atoms with Crippen LogP contribution in [0.5, 0.6) is 0 Å². The number of hydrogen-bond acceptors (Lipinski definition) is 5. The Kier molecular flexibility index (Phi) is 6.72. The molecule has 1 aromatic rings. The number of hydrogen-bond donors (Lipinski definition) is 1. The smallest absolute Gasteiger partial charge is 0.234 e. The van der Waals surface area contributed by atoms with E-state index in [2.05, 4.69) is 10.3 Å². The number of aliphatic imine (C=N–C) groups is 1. The van der Waals surface area contributed by atoms with Gasteiger partial charge in [0.2, 0.25) is 17.7 Å². The summed E-state index contributed by atoms with van der Waals surface area (Å²) in [6, 6.07) is 7.66. The van der Waals surface area contributed by atoms with E-state index in [0.29, 0.717) is 31.2 Å². The molecule has 1 N–H and O–H groups in total. The van der Waals surface area contributed by atoms with Gasteiger partial charge in [-0.15, -0.1) is 0 Å². The van der Waals surface area contributed by atoms with Crippen LogP contribution in [0.3, 0.4) is 0 Å². The normalized spacial score (nSPS) is 21.5. The predicted molar refractivity (Wildman–Crippen MR) is 111 cm³/mol. The zero-order valence-electron chi connectivity index (χ0n) is 16.3. The van der Waals surface area contributed by atoms with E-state index in [-0.39, 0.29) is 24.1 Å². The monoisotopic (exact) mass is 402 g/mol. The molecule has 7 nitrogen and oxygen atoms in total. The lowest BCUT2D eigenvalue weighted by Gasteiger charge is -2.30. The molecule has 0 unspecified atom stereocenters. The molecule has 3 rings (SSSR count).